The Morgan fingerprint density at radius 3 is 2.38 bits per heavy atom. The van der Waals surface area contributed by atoms with E-state index in [2.05, 4.69) is 20.8 Å². The highest BCUT2D eigenvalue weighted by Gasteiger charge is 2.35. The Hall–Kier alpha value is -2.89. The number of hydrogen-bond acceptors (Lipinski definition) is 7. The van der Waals surface area contributed by atoms with E-state index in [0.717, 1.165) is 5.56 Å². The summed E-state index contributed by atoms with van der Waals surface area (Å²) in [5, 5.41) is 9.67. The van der Waals surface area contributed by atoms with Gasteiger partial charge in [0.15, 0.2) is 11.5 Å². The van der Waals surface area contributed by atoms with Gasteiger partial charge in [0.1, 0.15) is 0 Å². The van der Waals surface area contributed by atoms with E-state index in [-0.39, 0.29) is 35.2 Å². The van der Waals surface area contributed by atoms with Crippen molar-refractivity contribution in [3.8, 4) is 11.5 Å². The van der Waals surface area contributed by atoms with E-state index in [9.17, 15) is 22.8 Å². The van der Waals surface area contributed by atoms with Crippen molar-refractivity contribution in [3.63, 3.8) is 0 Å². The smallest absolute Gasteiger partial charge is 0.445 e. The van der Waals surface area contributed by atoms with Crippen molar-refractivity contribution in [2.75, 3.05) is 26.1 Å². The summed E-state index contributed by atoms with van der Waals surface area (Å²) in [7, 11) is 3.06. The molecule has 0 saturated heterocycles. The first-order valence-corrected chi connectivity index (χ1v) is 9.22. The number of hydrogen-bond donors (Lipinski definition) is 2. The number of benzene rings is 1. The average Bonchev–Trinajstić information content (AvgIpc) is 3.15. The lowest BCUT2D eigenvalue weighted by molar-refractivity contribution is -0.138. The number of carbonyl (C=O) groups excluding carboxylic acids is 2. The van der Waals surface area contributed by atoms with Crippen molar-refractivity contribution >= 4 is 28.3 Å². The second-order valence-corrected chi connectivity index (χ2v) is 6.73. The molecule has 0 atom stereocenters. The van der Waals surface area contributed by atoms with Crippen molar-refractivity contribution in [1.29, 1.82) is 0 Å². The molecule has 0 fully saturated rings. The SMILES string of the molecule is COc1ccc(CCNC(=O)CCC(=O)Nc2nnc(C(F)(F)F)s2)cc1OC. The van der Waals surface area contributed by atoms with Gasteiger partial charge in [0.05, 0.1) is 14.2 Å². The van der Waals surface area contributed by atoms with Gasteiger partial charge >= 0.3 is 6.18 Å². The molecule has 12 heteroatoms. The Labute approximate surface area is 168 Å². The van der Waals surface area contributed by atoms with E-state index < -0.39 is 17.1 Å². The minimum Gasteiger partial charge on any atom is -0.493 e. The number of nitrogens with zero attached hydrogens (tertiary/aromatic N) is 2. The molecular formula is C17H19F3N4O4S. The molecule has 8 nitrogen and oxygen atoms in total. The Balaban J connectivity index is 1.71. The molecule has 2 N–H and O–H groups in total. The summed E-state index contributed by atoms with van der Waals surface area (Å²) in [4.78, 5) is 23.6. The van der Waals surface area contributed by atoms with Gasteiger partial charge in [-0.2, -0.15) is 13.2 Å². The van der Waals surface area contributed by atoms with Crippen molar-refractivity contribution in [2.45, 2.75) is 25.4 Å². The van der Waals surface area contributed by atoms with Crippen LogP contribution in [0.5, 0.6) is 11.5 Å². The van der Waals surface area contributed by atoms with Crippen LogP contribution in [0.25, 0.3) is 0 Å². The zero-order valence-corrected chi connectivity index (χ0v) is 16.4. The van der Waals surface area contributed by atoms with E-state index in [0.29, 0.717) is 24.5 Å². The van der Waals surface area contributed by atoms with Crippen LogP contribution in [0.1, 0.15) is 23.4 Å². The topological polar surface area (TPSA) is 102 Å². The lowest BCUT2D eigenvalue weighted by Gasteiger charge is -2.10. The summed E-state index contributed by atoms with van der Waals surface area (Å²) in [5.41, 5.74) is 0.928. The number of rotatable bonds is 9. The molecule has 1 heterocycles. The second kappa shape index (κ2) is 10.0. The van der Waals surface area contributed by atoms with Gasteiger partial charge in [-0.05, 0) is 24.1 Å². The quantitative estimate of drug-likeness (QED) is 0.632. The fourth-order valence-electron chi connectivity index (χ4n) is 2.27. The Morgan fingerprint density at radius 1 is 1.07 bits per heavy atom. The number of halogens is 3. The normalized spacial score (nSPS) is 11.1. The molecule has 1 aromatic heterocycles. The number of amides is 2. The van der Waals surface area contributed by atoms with Crippen LogP contribution in [0.15, 0.2) is 18.2 Å². The number of aromatic nitrogens is 2. The summed E-state index contributed by atoms with van der Waals surface area (Å²) in [6.07, 6.45) is -4.37. The third-order valence-corrected chi connectivity index (χ3v) is 4.56. The predicted octanol–water partition coefficient (Wildman–Crippen LogP) is 2.65. The summed E-state index contributed by atoms with van der Waals surface area (Å²) < 4.78 is 47.7. The second-order valence-electron chi connectivity index (χ2n) is 5.75. The monoisotopic (exact) mass is 432 g/mol. The van der Waals surface area contributed by atoms with Crippen molar-refractivity contribution in [3.05, 3.63) is 28.8 Å². The van der Waals surface area contributed by atoms with E-state index >= 15 is 0 Å². The van der Waals surface area contributed by atoms with Crippen molar-refractivity contribution in [1.82, 2.24) is 15.5 Å². The highest BCUT2D eigenvalue weighted by molar-refractivity contribution is 7.15. The molecule has 0 aliphatic heterocycles. The molecule has 1 aromatic carbocycles. The fraction of sp³-hybridized carbons (Fsp3) is 0.412. The Bertz CT molecular complexity index is 857. The van der Waals surface area contributed by atoms with E-state index in [1.165, 1.54) is 14.2 Å². The maximum atomic E-state index is 12.4. The van der Waals surface area contributed by atoms with Crippen LogP contribution >= 0.6 is 11.3 Å². The average molecular weight is 432 g/mol. The third kappa shape index (κ3) is 6.89. The van der Waals surface area contributed by atoms with Gasteiger partial charge in [-0.3, -0.25) is 9.59 Å². The van der Waals surface area contributed by atoms with Gasteiger partial charge in [0.25, 0.3) is 0 Å². The molecule has 0 unspecified atom stereocenters. The first-order valence-electron chi connectivity index (χ1n) is 8.41. The summed E-state index contributed by atoms with van der Waals surface area (Å²) in [6.45, 7) is 0.348. The van der Waals surface area contributed by atoms with E-state index in [4.69, 9.17) is 9.47 Å². The summed E-state index contributed by atoms with van der Waals surface area (Å²) in [5.74, 6) is 0.209. The maximum Gasteiger partial charge on any atom is 0.445 e. The number of alkyl halides is 3. The minimum atomic E-state index is -4.62. The lowest BCUT2D eigenvalue weighted by Crippen LogP contribution is -2.26. The summed E-state index contributed by atoms with van der Waals surface area (Å²) >= 11 is 0.221. The largest absolute Gasteiger partial charge is 0.493 e. The summed E-state index contributed by atoms with van der Waals surface area (Å²) in [6, 6.07) is 5.41. The zero-order chi connectivity index (χ0) is 21.4. The predicted molar refractivity (Wildman–Crippen MR) is 99.0 cm³/mol. The van der Waals surface area contributed by atoms with Crippen LogP contribution in [0.3, 0.4) is 0 Å². The van der Waals surface area contributed by atoms with Crippen LogP contribution in [-0.4, -0.2) is 42.8 Å². The van der Waals surface area contributed by atoms with Gasteiger partial charge in [0, 0.05) is 19.4 Å². The standard InChI is InChI=1S/C17H19F3N4O4S/c1-27-11-4-3-10(9-12(11)28-2)7-8-21-13(25)5-6-14(26)22-16-24-23-15(29-16)17(18,19)20/h3-4,9H,5-8H2,1-2H3,(H,21,25)(H,22,24,26). The van der Waals surface area contributed by atoms with Crippen molar-refractivity contribution < 1.29 is 32.2 Å². The van der Waals surface area contributed by atoms with Crippen LogP contribution in [0, 0.1) is 0 Å². The van der Waals surface area contributed by atoms with Crippen LogP contribution in [-0.2, 0) is 22.2 Å². The van der Waals surface area contributed by atoms with Crippen LogP contribution in [0.4, 0.5) is 18.3 Å². The number of nitrogens with one attached hydrogen (secondary N) is 2. The van der Waals surface area contributed by atoms with Gasteiger partial charge in [-0.15, -0.1) is 10.2 Å². The molecule has 0 bridgehead atoms. The van der Waals surface area contributed by atoms with Gasteiger partial charge in [-0.25, -0.2) is 0 Å². The van der Waals surface area contributed by atoms with Crippen molar-refractivity contribution in [2.24, 2.45) is 0 Å². The number of ether oxygens (including phenoxy) is 2. The molecule has 0 aliphatic rings. The molecular weight excluding hydrogens is 413 g/mol. The Morgan fingerprint density at radius 2 is 1.76 bits per heavy atom. The Kier molecular flexibility index (Phi) is 7.76. The fourth-order valence-corrected chi connectivity index (χ4v) is 2.89. The number of anilines is 1. The molecule has 158 valence electrons. The number of carbonyl (C=O) groups is 2. The van der Waals surface area contributed by atoms with Gasteiger partial charge in [0.2, 0.25) is 22.0 Å². The molecule has 2 rings (SSSR count). The highest BCUT2D eigenvalue weighted by Crippen LogP contribution is 2.33. The molecule has 2 aromatic rings. The molecule has 29 heavy (non-hydrogen) atoms. The van der Waals surface area contributed by atoms with Gasteiger partial charge < -0.3 is 20.1 Å². The van der Waals surface area contributed by atoms with Gasteiger partial charge in [-0.1, -0.05) is 17.4 Å². The number of methoxy groups -OCH3 is 2. The minimum absolute atomic E-state index is 0.108. The zero-order valence-electron chi connectivity index (χ0n) is 15.6. The molecule has 0 spiro atoms. The highest BCUT2D eigenvalue weighted by atomic mass is 32.1. The third-order valence-electron chi connectivity index (χ3n) is 3.68. The lowest BCUT2D eigenvalue weighted by atomic mass is 10.1. The molecule has 0 aliphatic carbocycles. The molecule has 2 amide bonds. The molecule has 0 saturated carbocycles. The first-order chi connectivity index (χ1) is 13.7. The molecule has 0 radical (unpaired) electrons. The van der Waals surface area contributed by atoms with Crippen LogP contribution in [0.2, 0.25) is 0 Å². The maximum absolute atomic E-state index is 12.4. The first kappa shape index (κ1) is 22.4. The van der Waals surface area contributed by atoms with Crippen LogP contribution < -0.4 is 20.1 Å². The van der Waals surface area contributed by atoms with E-state index in [1.807, 2.05) is 6.07 Å². The van der Waals surface area contributed by atoms with E-state index in [1.54, 1.807) is 12.1 Å².